The van der Waals surface area contributed by atoms with Gasteiger partial charge >= 0.3 is 0 Å². The summed E-state index contributed by atoms with van der Waals surface area (Å²) >= 11 is 0. The van der Waals surface area contributed by atoms with Gasteiger partial charge in [-0.05, 0) is 50.8 Å². The molecule has 112 valence electrons. The van der Waals surface area contributed by atoms with E-state index in [2.05, 4.69) is 24.1 Å². The van der Waals surface area contributed by atoms with E-state index in [0.717, 1.165) is 26.0 Å². The smallest absolute Gasteiger partial charge is 0.213 e. The summed E-state index contributed by atoms with van der Waals surface area (Å²) in [6.45, 7) is 6.83. The van der Waals surface area contributed by atoms with Crippen molar-refractivity contribution in [2.24, 2.45) is 0 Å². The molecule has 0 aromatic carbocycles. The Kier molecular flexibility index (Phi) is 6.27. The standard InChI is InChI=1S/C16H26N2O2/c1-3-8-17-13(2)14-7-9-18-16(11-14)20-12-15-6-4-5-10-19-15/h7,9,11,13,15,17H,3-6,8,10,12H2,1-2H3. The van der Waals surface area contributed by atoms with Gasteiger partial charge in [0.25, 0.3) is 0 Å². The predicted octanol–water partition coefficient (Wildman–Crippen LogP) is 3.09. The highest BCUT2D eigenvalue weighted by Gasteiger charge is 2.15. The summed E-state index contributed by atoms with van der Waals surface area (Å²) in [6, 6.07) is 4.39. The quantitative estimate of drug-likeness (QED) is 0.832. The summed E-state index contributed by atoms with van der Waals surface area (Å²) in [4.78, 5) is 4.28. The lowest BCUT2D eigenvalue weighted by Gasteiger charge is -2.22. The molecular weight excluding hydrogens is 252 g/mol. The van der Waals surface area contributed by atoms with Gasteiger partial charge in [0.05, 0.1) is 6.10 Å². The Bertz CT molecular complexity index is 392. The van der Waals surface area contributed by atoms with E-state index in [1.165, 1.54) is 18.4 Å². The molecule has 0 amide bonds. The van der Waals surface area contributed by atoms with Crippen LogP contribution >= 0.6 is 0 Å². The number of pyridine rings is 1. The fraction of sp³-hybridized carbons (Fsp3) is 0.688. The van der Waals surface area contributed by atoms with Gasteiger partial charge in [0.2, 0.25) is 5.88 Å². The van der Waals surface area contributed by atoms with Crippen molar-refractivity contribution in [2.45, 2.75) is 51.7 Å². The van der Waals surface area contributed by atoms with Crippen LogP contribution in [-0.4, -0.2) is 30.8 Å². The van der Waals surface area contributed by atoms with E-state index in [1.807, 2.05) is 18.3 Å². The average molecular weight is 278 g/mol. The van der Waals surface area contributed by atoms with E-state index in [9.17, 15) is 0 Å². The Morgan fingerprint density at radius 2 is 2.40 bits per heavy atom. The number of hydrogen-bond donors (Lipinski definition) is 1. The molecule has 2 atom stereocenters. The molecule has 1 fully saturated rings. The monoisotopic (exact) mass is 278 g/mol. The lowest BCUT2D eigenvalue weighted by atomic mass is 10.1. The average Bonchev–Trinajstić information content (AvgIpc) is 2.52. The van der Waals surface area contributed by atoms with E-state index in [0.29, 0.717) is 18.5 Å². The minimum atomic E-state index is 0.227. The van der Waals surface area contributed by atoms with E-state index < -0.39 is 0 Å². The first-order valence-corrected chi connectivity index (χ1v) is 7.73. The lowest BCUT2D eigenvalue weighted by molar-refractivity contribution is -0.0119. The molecule has 2 heterocycles. The number of nitrogens with zero attached hydrogens (tertiary/aromatic N) is 1. The van der Waals surface area contributed by atoms with Gasteiger partial charge in [-0.25, -0.2) is 4.98 Å². The molecule has 0 bridgehead atoms. The van der Waals surface area contributed by atoms with E-state index in [-0.39, 0.29) is 6.10 Å². The summed E-state index contributed by atoms with van der Waals surface area (Å²) in [7, 11) is 0. The molecule has 0 radical (unpaired) electrons. The zero-order valence-corrected chi connectivity index (χ0v) is 12.6. The van der Waals surface area contributed by atoms with Gasteiger partial charge in [0.15, 0.2) is 0 Å². The van der Waals surface area contributed by atoms with E-state index in [4.69, 9.17) is 9.47 Å². The third-order valence-corrected chi connectivity index (χ3v) is 3.65. The summed E-state index contributed by atoms with van der Waals surface area (Å²) in [5.74, 6) is 0.696. The fourth-order valence-corrected chi connectivity index (χ4v) is 2.37. The first-order chi connectivity index (χ1) is 9.79. The van der Waals surface area contributed by atoms with Crippen LogP contribution in [0.25, 0.3) is 0 Å². The molecule has 1 aromatic rings. The minimum absolute atomic E-state index is 0.227. The molecule has 0 saturated carbocycles. The molecule has 0 aliphatic carbocycles. The van der Waals surface area contributed by atoms with Crippen molar-refractivity contribution in [1.29, 1.82) is 0 Å². The number of hydrogen-bond acceptors (Lipinski definition) is 4. The molecule has 20 heavy (non-hydrogen) atoms. The van der Waals surface area contributed by atoms with Gasteiger partial charge in [-0.2, -0.15) is 0 Å². The van der Waals surface area contributed by atoms with Crippen molar-refractivity contribution in [3.05, 3.63) is 23.9 Å². The fourth-order valence-electron chi connectivity index (χ4n) is 2.37. The Morgan fingerprint density at radius 1 is 1.50 bits per heavy atom. The van der Waals surface area contributed by atoms with Crippen LogP contribution in [0.1, 0.15) is 51.1 Å². The van der Waals surface area contributed by atoms with Crippen LogP contribution < -0.4 is 10.1 Å². The zero-order chi connectivity index (χ0) is 14.2. The summed E-state index contributed by atoms with van der Waals surface area (Å²) < 4.78 is 11.4. The molecule has 4 heteroatoms. The first-order valence-electron chi connectivity index (χ1n) is 7.73. The Labute approximate surface area is 121 Å². The van der Waals surface area contributed by atoms with Crippen LogP contribution in [-0.2, 0) is 4.74 Å². The van der Waals surface area contributed by atoms with Gasteiger partial charge in [-0.1, -0.05) is 6.92 Å². The Hall–Kier alpha value is -1.13. The summed E-state index contributed by atoms with van der Waals surface area (Å²) in [5, 5.41) is 3.47. The van der Waals surface area contributed by atoms with Crippen molar-refractivity contribution in [3.8, 4) is 5.88 Å². The number of aromatic nitrogens is 1. The van der Waals surface area contributed by atoms with E-state index >= 15 is 0 Å². The Balaban J connectivity index is 1.85. The van der Waals surface area contributed by atoms with Crippen molar-refractivity contribution in [3.63, 3.8) is 0 Å². The predicted molar refractivity (Wildman–Crippen MR) is 80.0 cm³/mol. The van der Waals surface area contributed by atoms with Crippen molar-refractivity contribution in [2.75, 3.05) is 19.8 Å². The van der Waals surface area contributed by atoms with Crippen LogP contribution in [0.5, 0.6) is 5.88 Å². The van der Waals surface area contributed by atoms with Gasteiger partial charge in [-0.3, -0.25) is 0 Å². The van der Waals surface area contributed by atoms with Gasteiger partial charge < -0.3 is 14.8 Å². The SMILES string of the molecule is CCCNC(C)c1ccnc(OCC2CCCCO2)c1. The van der Waals surface area contributed by atoms with Crippen molar-refractivity contribution < 1.29 is 9.47 Å². The maximum Gasteiger partial charge on any atom is 0.213 e. The van der Waals surface area contributed by atoms with Crippen LogP contribution in [0.2, 0.25) is 0 Å². The lowest BCUT2D eigenvalue weighted by Crippen LogP contribution is -2.26. The maximum absolute atomic E-state index is 5.78. The highest BCUT2D eigenvalue weighted by molar-refractivity contribution is 5.23. The second-order valence-corrected chi connectivity index (χ2v) is 5.40. The third kappa shape index (κ3) is 4.76. The van der Waals surface area contributed by atoms with Crippen LogP contribution in [0, 0.1) is 0 Å². The van der Waals surface area contributed by atoms with Crippen LogP contribution in [0.3, 0.4) is 0 Å². The molecule has 2 unspecified atom stereocenters. The summed E-state index contributed by atoms with van der Waals surface area (Å²) in [6.07, 6.45) is 6.68. The normalized spacial score (nSPS) is 20.6. The highest BCUT2D eigenvalue weighted by Crippen LogP contribution is 2.18. The van der Waals surface area contributed by atoms with Crippen LogP contribution in [0.15, 0.2) is 18.3 Å². The van der Waals surface area contributed by atoms with Gasteiger partial charge in [0.1, 0.15) is 6.61 Å². The highest BCUT2D eigenvalue weighted by atomic mass is 16.5. The molecule has 0 spiro atoms. The van der Waals surface area contributed by atoms with Crippen molar-refractivity contribution >= 4 is 0 Å². The van der Waals surface area contributed by atoms with Crippen molar-refractivity contribution in [1.82, 2.24) is 10.3 Å². The zero-order valence-electron chi connectivity index (χ0n) is 12.6. The molecule has 2 rings (SSSR count). The van der Waals surface area contributed by atoms with Crippen LogP contribution in [0.4, 0.5) is 0 Å². The molecule has 1 saturated heterocycles. The molecule has 1 aliphatic heterocycles. The number of rotatable bonds is 7. The molecule has 1 aromatic heterocycles. The maximum atomic E-state index is 5.78. The van der Waals surface area contributed by atoms with Gasteiger partial charge in [0, 0.05) is 24.9 Å². The summed E-state index contributed by atoms with van der Waals surface area (Å²) in [5.41, 5.74) is 1.22. The molecule has 1 N–H and O–H groups in total. The Morgan fingerprint density at radius 3 is 3.15 bits per heavy atom. The molecular formula is C16H26N2O2. The largest absolute Gasteiger partial charge is 0.475 e. The second kappa shape index (κ2) is 8.22. The van der Waals surface area contributed by atoms with Gasteiger partial charge in [-0.15, -0.1) is 0 Å². The second-order valence-electron chi connectivity index (χ2n) is 5.40. The number of nitrogens with one attached hydrogen (secondary N) is 1. The van der Waals surface area contributed by atoms with E-state index in [1.54, 1.807) is 0 Å². The molecule has 4 nitrogen and oxygen atoms in total. The molecule has 1 aliphatic rings. The topological polar surface area (TPSA) is 43.4 Å². The third-order valence-electron chi connectivity index (χ3n) is 3.65. The minimum Gasteiger partial charge on any atom is -0.475 e. The first kappa shape index (κ1) is 15.3. The number of ether oxygens (including phenoxy) is 2.